The second-order valence-electron chi connectivity index (χ2n) is 2.23. The Morgan fingerprint density at radius 2 is 2.25 bits per heavy atom. The lowest BCUT2D eigenvalue weighted by Gasteiger charge is -2.02. The van der Waals surface area contributed by atoms with E-state index in [1.165, 1.54) is 0 Å². The summed E-state index contributed by atoms with van der Waals surface area (Å²) in [5.41, 5.74) is 0. The lowest BCUT2D eigenvalue weighted by atomic mass is 10.3. The predicted molar refractivity (Wildman–Crippen MR) is 45.5 cm³/mol. The number of esters is 1. The van der Waals surface area contributed by atoms with Gasteiger partial charge in [-0.25, -0.2) is 0 Å². The maximum atomic E-state index is 10.8. The molecule has 3 heteroatoms. The molecule has 0 unspecified atom stereocenters. The molecule has 12 heavy (non-hydrogen) atoms. The number of carbonyl (C=O) groups is 1. The smallest absolute Gasteiger partial charge is 0.305 e. The van der Waals surface area contributed by atoms with Crippen LogP contribution in [0.15, 0.2) is 0 Å². The number of terminal acetylenes is 1. The maximum absolute atomic E-state index is 10.8. The average molecular weight is 170 g/mol. The van der Waals surface area contributed by atoms with Gasteiger partial charge in [0.15, 0.2) is 0 Å². The Morgan fingerprint density at radius 3 is 2.83 bits per heavy atom. The summed E-state index contributed by atoms with van der Waals surface area (Å²) in [4.78, 5) is 10.8. The van der Waals surface area contributed by atoms with E-state index in [0.29, 0.717) is 19.6 Å². The molecule has 3 nitrogen and oxygen atoms in total. The van der Waals surface area contributed by atoms with Crippen LogP contribution in [0.5, 0.6) is 0 Å². The van der Waals surface area contributed by atoms with Gasteiger partial charge in [-0.15, -0.1) is 6.42 Å². The summed E-state index contributed by atoms with van der Waals surface area (Å²) in [6.45, 7) is 2.86. The van der Waals surface area contributed by atoms with Gasteiger partial charge in [-0.05, 0) is 6.42 Å². The SMILES string of the molecule is C#CCOCCOC(=O)CCC. The van der Waals surface area contributed by atoms with E-state index in [-0.39, 0.29) is 12.6 Å². The molecule has 68 valence electrons. The van der Waals surface area contributed by atoms with Crippen molar-refractivity contribution in [1.29, 1.82) is 0 Å². The van der Waals surface area contributed by atoms with Crippen molar-refractivity contribution in [3.8, 4) is 12.3 Å². The molecule has 0 amide bonds. The molecule has 0 saturated heterocycles. The Kier molecular flexibility index (Phi) is 7.41. The Labute approximate surface area is 73.0 Å². The van der Waals surface area contributed by atoms with Gasteiger partial charge in [-0.1, -0.05) is 12.8 Å². The first-order chi connectivity index (χ1) is 5.81. The summed E-state index contributed by atoms with van der Waals surface area (Å²) < 4.78 is 9.69. The average Bonchev–Trinajstić information content (AvgIpc) is 2.05. The molecule has 0 aromatic carbocycles. The van der Waals surface area contributed by atoms with Gasteiger partial charge >= 0.3 is 5.97 Å². The highest BCUT2D eigenvalue weighted by Crippen LogP contribution is 1.90. The van der Waals surface area contributed by atoms with Gasteiger partial charge in [0.25, 0.3) is 0 Å². The minimum Gasteiger partial charge on any atom is -0.463 e. The van der Waals surface area contributed by atoms with Gasteiger partial charge in [0.2, 0.25) is 0 Å². The van der Waals surface area contributed by atoms with E-state index in [1.54, 1.807) is 0 Å². The van der Waals surface area contributed by atoms with Crippen LogP contribution in [0.2, 0.25) is 0 Å². The zero-order chi connectivity index (χ0) is 9.23. The number of hydrogen-bond donors (Lipinski definition) is 0. The second kappa shape index (κ2) is 8.09. The molecule has 0 atom stereocenters. The predicted octanol–water partition coefficient (Wildman–Crippen LogP) is 0.980. The highest BCUT2D eigenvalue weighted by molar-refractivity contribution is 5.69. The lowest BCUT2D eigenvalue weighted by molar-refractivity contribution is -0.145. The van der Waals surface area contributed by atoms with Crippen molar-refractivity contribution in [3.05, 3.63) is 0 Å². The van der Waals surface area contributed by atoms with Crippen LogP contribution in [0, 0.1) is 12.3 Å². The number of rotatable bonds is 6. The molecule has 0 fully saturated rings. The van der Waals surface area contributed by atoms with Gasteiger partial charge < -0.3 is 9.47 Å². The third-order valence-electron chi connectivity index (χ3n) is 1.13. The molecule has 0 aromatic heterocycles. The standard InChI is InChI=1S/C9H14O3/c1-3-5-9(10)12-8-7-11-6-4-2/h2H,3,5-8H2,1H3. The molecule has 0 spiro atoms. The van der Waals surface area contributed by atoms with Gasteiger partial charge in [0, 0.05) is 6.42 Å². The first kappa shape index (κ1) is 11.0. The largest absolute Gasteiger partial charge is 0.463 e. The van der Waals surface area contributed by atoms with E-state index in [9.17, 15) is 4.79 Å². The van der Waals surface area contributed by atoms with Crippen molar-refractivity contribution >= 4 is 5.97 Å². The van der Waals surface area contributed by atoms with Crippen LogP contribution in [-0.2, 0) is 14.3 Å². The molecule has 0 heterocycles. The van der Waals surface area contributed by atoms with Gasteiger partial charge in [0.1, 0.15) is 13.2 Å². The zero-order valence-corrected chi connectivity index (χ0v) is 7.34. The van der Waals surface area contributed by atoms with Crippen LogP contribution in [0.3, 0.4) is 0 Å². The molecule has 0 N–H and O–H groups in total. The quantitative estimate of drug-likeness (QED) is 0.338. The van der Waals surface area contributed by atoms with Gasteiger partial charge in [-0.3, -0.25) is 4.79 Å². The Bertz CT molecular complexity index is 158. The molecule has 0 rings (SSSR count). The van der Waals surface area contributed by atoms with E-state index in [4.69, 9.17) is 15.9 Å². The highest BCUT2D eigenvalue weighted by atomic mass is 16.6. The third-order valence-corrected chi connectivity index (χ3v) is 1.13. The minimum atomic E-state index is -0.179. The first-order valence-corrected chi connectivity index (χ1v) is 3.98. The van der Waals surface area contributed by atoms with Crippen molar-refractivity contribution in [2.75, 3.05) is 19.8 Å². The van der Waals surface area contributed by atoms with Crippen LogP contribution >= 0.6 is 0 Å². The van der Waals surface area contributed by atoms with Crippen molar-refractivity contribution in [2.24, 2.45) is 0 Å². The van der Waals surface area contributed by atoms with E-state index >= 15 is 0 Å². The van der Waals surface area contributed by atoms with Crippen LogP contribution in [0.4, 0.5) is 0 Å². The fourth-order valence-electron chi connectivity index (χ4n) is 0.622. The van der Waals surface area contributed by atoms with E-state index in [1.807, 2.05) is 6.92 Å². The van der Waals surface area contributed by atoms with Crippen LogP contribution < -0.4 is 0 Å². The Morgan fingerprint density at radius 1 is 1.50 bits per heavy atom. The van der Waals surface area contributed by atoms with Gasteiger partial charge in [-0.2, -0.15) is 0 Å². The Balaban J connectivity index is 3.09. The van der Waals surface area contributed by atoms with Crippen molar-refractivity contribution in [1.82, 2.24) is 0 Å². The molecule has 0 bridgehead atoms. The normalized spacial score (nSPS) is 9.00. The van der Waals surface area contributed by atoms with E-state index in [0.717, 1.165) is 6.42 Å². The molecule has 0 radical (unpaired) electrons. The summed E-state index contributed by atoms with van der Waals surface area (Å²) >= 11 is 0. The minimum absolute atomic E-state index is 0.179. The highest BCUT2D eigenvalue weighted by Gasteiger charge is 1.98. The summed E-state index contributed by atoms with van der Waals surface area (Å²) in [7, 11) is 0. The fourth-order valence-corrected chi connectivity index (χ4v) is 0.622. The van der Waals surface area contributed by atoms with Crippen molar-refractivity contribution in [2.45, 2.75) is 19.8 Å². The summed E-state index contributed by atoms with van der Waals surface area (Å²) in [6.07, 6.45) is 6.21. The third kappa shape index (κ3) is 7.10. The molecular formula is C9H14O3. The summed E-state index contributed by atoms with van der Waals surface area (Å²) in [5, 5.41) is 0. The number of carbonyl (C=O) groups excluding carboxylic acids is 1. The van der Waals surface area contributed by atoms with Crippen molar-refractivity contribution < 1.29 is 14.3 Å². The maximum Gasteiger partial charge on any atom is 0.305 e. The van der Waals surface area contributed by atoms with Crippen LogP contribution in [0.1, 0.15) is 19.8 Å². The fraction of sp³-hybridized carbons (Fsp3) is 0.667. The molecule has 0 saturated carbocycles. The van der Waals surface area contributed by atoms with Crippen LogP contribution in [0.25, 0.3) is 0 Å². The second-order valence-corrected chi connectivity index (χ2v) is 2.23. The van der Waals surface area contributed by atoms with E-state index < -0.39 is 0 Å². The molecule has 0 aliphatic heterocycles. The lowest BCUT2D eigenvalue weighted by Crippen LogP contribution is -2.10. The topological polar surface area (TPSA) is 35.5 Å². The number of ether oxygens (including phenoxy) is 2. The monoisotopic (exact) mass is 170 g/mol. The zero-order valence-electron chi connectivity index (χ0n) is 7.34. The van der Waals surface area contributed by atoms with Gasteiger partial charge in [0.05, 0.1) is 6.61 Å². The summed E-state index contributed by atoms with van der Waals surface area (Å²) in [6, 6.07) is 0. The molecule has 0 aliphatic rings. The molecule has 0 aromatic rings. The number of hydrogen-bond acceptors (Lipinski definition) is 3. The van der Waals surface area contributed by atoms with Crippen LogP contribution in [-0.4, -0.2) is 25.8 Å². The van der Waals surface area contributed by atoms with E-state index in [2.05, 4.69) is 5.92 Å². The first-order valence-electron chi connectivity index (χ1n) is 3.98. The van der Waals surface area contributed by atoms with Crippen molar-refractivity contribution in [3.63, 3.8) is 0 Å². The molecule has 0 aliphatic carbocycles. The Hall–Kier alpha value is -1.01. The summed E-state index contributed by atoms with van der Waals surface area (Å²) in [5.74, 6) is 2.14. The molecular weight excluding hydrogens is 156 g/mol.